The number of hydrogen-bond acceptors (Lipinski definition) is 5. The fraction of sp³-hybridized carbons (Fsp3) is 0.625. The van der Waals surface area contributed by atoms with Gasteiger partial charge in [0.2, 0.25) is 5.91 Å². The van der Waals surface area contributed by atoms with E-state index in [-0.39, 0.29) is 24.4 Å². The van der Waals surface area contributed by atoms with Gasteiger partial charge in [0.1, 0.15) is 12.1 Å². The molecule has 4 amide bonds. The van der Waals surface area contributed by atoms with Crippen LogP contribution in [0.15, 0.2) is 24.3 Å². The van der Waals surface area contributed by atoms with E-state index in [1.807, 2.05) is 12.1 Å². The highest BCUT2D eigenvalue weighted by molar-refractivity contribution is 6.08. The third-order valence-corrected chi connectivity index (χ3v) is 7.27. The first-order chi connectivity index (χ1) is 15.4. The normalized spacial score (nSPS) is 22.1. The Morgan fingerprint density at radius 3 is 2.41 bits per heavy atom. The van der Waals surface area contributed by atoms with E-state index in [2.05, 4.69) is 34.3 Å². The van der Waals surface area contributed by atoms with Gasteiger partial charge in [-0.2, -0.15) is 0 Å². The molecule has 8 heteroatoms. The maximum absolute atomic E-state index is 13.0. The quantitative estimate of drug-likeness (QED) is 0.680. The number of carbonyl (C=O) groups excluding carboxylic acids is 3. The van der Waals surface area contributed by atoms with Crippen molar-refractivity contribution in [3.63, 3.8) is 0 Å². The van der Waals surface area contributed by atoms with Crippen molar-refractivity contribution in [1.29, 1.82) is 0 Å². The zero-order chi connectivity index (χ0) is 22.7. The highest BCUT2D eigenvalue weighted by Gasteiger charge is 2.55. The average molecular weight is 442 g/mol. The molecule has 2 saturated heterocycles. The number of rotatable bonds is 6. The summed E-state index contributed by atoms with van der Waals surface area (Å²) in [4.78, 5) is 45.8. The molecule has 1 spiro atoms. The molecule has 3 fully saturated rings. The molecule has 0 atom stereocenters. The summed E-state index contributed by atoms with van der Waals surface area (Å²) < 4.78 is 0. The number of nitrogens with zero attached hydrogens (tertiary/aromatic N) is 4. The van der Waals surface area contributed by atoms with Crippen molar-refractivity contribution >= 4 is 17.8 Å². The van der Waals surface area contributed by atoms with Crippen LogP contribution < -0.4 is 5.32 Å². The molecule has 8 nitrogen and oxygen atoms in total. The minimum atomic E-state index is -0.743. The van der Waals surface area contributed by atoms with Gasteiger partial charge in [0.15, 0.2) is 0 Å². The largest absolute Gasteiger partial charge is 0.350 e. The first-order valence-corrected chi connectivity index (χ1v) is 11.7. The second-order valence-electron chi connectivity index (χ2n) is 9.50. The lowest BCUT2D eigenvalue weighted by Gasteiger charge is -2.35. The van der Waals surface area contributed by atoms with Crippen molar-refractivity contribution in [3.8, 4) is 0 Å². The summed E-state index contributed by atoms with van der Waals surface area (Å²) in [6, 6.07) is 7.88. The fourth-order valence-corrected chi connectivity index (χ4v) is 5.17. The number of carbonyl (C=O) groups is 3. The minimum absolute atomic E-state index is 0.214. The van der Waals surface area contributed by atoms with E-state index in [1.165, 1.54) is 5.56 Å². The molecule has 3 aliphatic rings. The van der Waals surface area contributed by atoms with Crippen LogP contribution in [0.3, 0.4) is 0 Å². The van der Waals surface area contributed by atoms with E-state index in [0.717, 1.165) is 62.4 Å². The minimum Gasteiger partial charge on any atom is -0.350 e. The molecule has 1 N–H and O–H groups in total. The lowest BCUT2D eigenvalue weighted by Crippen LogP contribution is -2.49. The molecular weight excluding hydrogens is 406 g/mol. The van der Waals surface area contributed by atoms with Crippen LogP contribution >= 0.6 is 0 Å². The fourth-order valence-electron chi connectivity index (χ4n) is 5.17. The number of benzene rings is 1. The van der Waals surface area contributed by atoms with Crippen LogP contribution in [-0.4, -0.2) is 89.8 Å². The molecule has 0 aromatic heterocycles. The number of nitrogens with one attached hydrogen (secondary N) is 1. The summed E-state index contributed by atoms with van der Waals surface area (Å²) in [7, 11) is 3.84. The van der Waals surface area contributed by atoms with E-state index in [9.17, 15) is 14.4 Å². The van der Waals surface area contributed by atoms with E-state index >= 15 is 0 Å². The zero-order valence-corrected chi connectivity index (χ0v) is 19.3. The highest BCUT2D eigenvalue weighted by atomic mass is 16.2. The second kappa shape index (κ2) is 9.58. The van der Waals surface area contributed by atoms with Crippen molar-refractivity contribution < 1.29 is 14.4 Å². The summed E-state index contributed by atoms with van der Waals surface area (Å²) in [5, 5.41) is 2.89. The van der Waals surface area contributed by atoms with Gasteiger partial charge in [-0.25, -0.2) is 4.79 Å². The van der Waals surface area contributed by atoms with Gasteiger partial charge in [0.25, 0.3) is 5.91 Å². The standard InChI is InChI=1S/C24H35N5O3/c1-26-11-13-28(14-12-26)17-20-8-6-7-19(15-20)16-25-21(30)18-29-22(31)24(27(2)23(29)32)9-4-3-5-10-24/h6-8,15H,3-5,9-14,16-18H2,1-2H3,(H,25,30). The molecule has 0 bridgehead atoms. The summed E-state index contributed by atoms with van der Waals surface area (Å²) in [6.07, 6.45) is 4.34. The Balaban J connectivity index is 1.30. The van der Waals surface area contributed by atoms with Crippen molar-refractivity contribution in [2.24, 2.45) is 0 Å². The predicted octanol–water partition coefficient (Wildman–Crippen LogP) is 1.65. The van der Waals surface area contributed by atoms with Crippen LogP contribution in [0.4, 0.5) is 4.79 Å². The summed E-state index contributed by atoms with van der Waals surface area (Å²) in [5.74, 6) is -0.522. The molecule has 32 heavy (non-hydrogen) atoms. The van der Waals surface area contributed by atoms with Gasteiger partial charge in [-0.3, -0.25) is 19.4 Å². The smallest absolute Gasteiger partial charge is 0.327 e. The van der Waals surface area contributed by atoms with Crippen molar-refractivity contribution in [1.82, 2.24) is 24.9 Å². The molecule has 2 heterocycles. The first-order valence-electron chi connectivity index (χ1n) is 11.7. The Morgan fingerprint density at radius 2 is 1.69 bits per heavy atom. The Labute approximate surface area is 190 Å². The van der Waals surface area contributed by atoms with Gasteiger partial charge in [-0.05, 0) is 31.0 Å². The van der Waals surface area contributed by atoms with Crippen LogP contribution in [0.5, 0.6) is 0 Å². The van der Waals surface area contributed by atoms with Gasteiger partial charge < -0.3 is 15.1 Å². The highest BCUT2D eigenvalue weighted by Crippen LogP contribution is 2.39. The molecule has 1 saturated carbocycles. The Bertz CT molecular complexity index is 859. The lowest BCUT2D eigenvalue weighted by atomic mass is 9.81. The lowest BCUT2D eigenvalue weighted by molar-refractivity contribution is -0.137. The predicted molar refractivity (Wildman–Crippen MR) is 122 cm³/mol. The molecule has 1 aromatic rings. The van der Waals surface area contributed by atoms with E-state index < -0.39 is 5.54 Å². The number of urea groups is 1. The number of likely N-dealkylation sites (N-methyl/N-ethyl adjacent to an activating group) is 2. The zero-order valence-electron chi connectivity index (χ0n) is 19.3. The summed E-state index contributed by atoms with van der Waals surface area (Å²) in [6.45, 7) is 5.36. The molecule has 4 rings (SSSR count). The molecule has 1 aromatic carbocycles. The van der Waals surface area contributed by atoms with Crippen LogP contribution in [-0.2, 0) is 22.7 Å². The number of hydrogen-bond donors (Lipinski definition) is 1. The van der Waals surface area contributed by atoms with Crippen LogP contribution in [0.2, 0.25) is 0 Å². The van der Waals surface area contributed by atoms with Crippen LogP contribution in [0, 0.1) is 0 Å². The topological polar surface area (TPSA) is 76.2 Å². The summed E-state index contributed by atoms with van der Waals surface area (Å²) in [5.41, 5.74) is 1.50. The van der Waals surface area contributed by atoms with Gasteiger partial charge in [0, 0.05) is 46.3 Å². The maximum Gasteiger partial charge on any atom is 0.327 e. The van der Waals surface area contributed by atoms with Gasteiger partial charge in [0.05, 0.1) is 0 Å². The van der Waals surface area contributed by atoms with E-state index in [1.54, 1.807) is 11.9 Å². The van der Waals surface area contributed by atoms with E-state index in [4.69, 9.17) is 0 Å². The van der Waals surface area contributed by atoms with E-state index in [0.29, 0.717) is 19.4 Å². The monoisotopic (exact) mass is 441 g/mol. The van der Waals surface area contributed by atoms with Crippen molar-refractivity contribution in [2.75, 3.05) is 46.8 Å². The Kier molecular flexibility index (Phi) is 6.81. The Morgan fingerprint density at radius 1 is 1.00 bits per heavy atom. The molecule has 174 valence electrons. The number of piperazine rings is 1. The SMILES string of the molecule is CN1CCN(Cc2cccc(CNC(=O)CN3C(=O)N(C)C4(CCCCC4)C3=O)c2)CC1. The van der Waals surface area contributed by atoms with Crippen molar-refractivity contribution in [3.05, 3.63) is 35.4 Å². The second-order valence-corrected chi connectivity index (χ2v) is 9.50. The first kappa shape index (κ1) is 22.7. The molecule has 0 unspecified atom stereocenters. The van der Waals surface area contributed by atoms with Crippen molar-refractivity contribution in [2.45, 2.75) is 50.7 Å². The molecular formula is C24H35N5O3. The third kappa shape index (κ3) is 4.66. The average Bonchev–Trinajstić information content (AvgIpc) is 2.96. The van der Waals surface area contributed by atoms with Crippen LogP contribution in [0.1, 0.15) is 43.2 Å². The van der Waals surface area contributed by atoms with Crippen LogP contribution in [0.25, 0.3) is 0 Å². The van der Waals surface area contributed by atoms with Gasteiger partial charge in [-0.1, -0.05) is 43.5 Å². The molecule has 0 radical (unpaired) electrons. The number of amides is 4. The number of imide groups is 1. The maximum atomic E-state index is 13.0. The molecule has 1 aliphatic carbocycles. The Hall–Kier alpha value is -2.45. The third-order valence-electron chi connectivity index (χ3n) is 7.27. The summed E-state index contributed by atoms with van der Waals surface area (Å²) >= 11 is 0. The van der Waals surface area contributed by atoms with Gasteiger partial charge in [-0.15, -0.1) is 0 Å². The molecule has 2 aliphatic heterocycles. The van der Waals surface area contributed by atoms with Gasteiger partial charge >= 0.3 is 6.03 Å².